The molecule has 1 N–H and O–H groups in total. The van der Waals surface area contributed by atoms with Crippen LogP contribution in [0.2, 0.25) is 0 Å². The number of carbonyl (C=O) groups excluding carboxylic acids is 1. The van der Waals surface area contributed by atoms with E-state index in [1.807, 2.05) is 36.4 Å². The van der Waals surface area contributed by atoms with Gasteiger partial charge in [-0.1, -0.05) is 15.9 Å². The third-order valence-corrected chi connectivity index (χ3v) is 4.15. The van der Waals surface area contributed by atoms with Crippen molar-refractivity contribution < 1.29 is 13.9 Å². The SMILES string of the molecule is O=C(Nc1ccc2c(c1)CCO2)c1cc2ccc(Br)cc2o1. The predicted molar refractivity (Wildman–Crippen MR) is 87.5 cm³/mol. The largest absolute Gasteiger partial charge is 0.493 e. The smallest absolute Gasteiger partial charge is 0.291 e. The molecule has 0 saturated carbocycles. The monoisotopic (exact) mass is 357 g/mol. The highest BCUT2D eigenvalue weighted by atomic mass is 79.9. The molecule has 3 aromatic rings. The number of hydrogen-bond acceptors (Lipinski definition) is 3. The molecule has 1 aromatic heterocycles. The van der Waals surface area contributed by atoms with Crippen LogP contribution in [0.4, 0.5) is 5.69 Å². The Morgan fingerprint density at radius 3 is 2.95 bits per heavy atom. The molecular weight excluding hydrogens is 346 g/mol. The highest BCUT2D eigenvalue weighted by molar-refractivity contribution is 9.10. The van der Waals surface area contributed by atoms with Gasteiger partial charge in [-0.3, -0.25) is 4.79 Å². The Kier molecular flexibility index (Phi) is 3.15. The number of furan rings is 1. The van der Waals surface area contributed by atoms with Crippen molar-refractivity contribution in [3.63, 3.8) is 0 Å². The van der Waals surface area contributed by atoms with Gasteiger partial charge in [0.1, 0.15) is 11.3 Å². The maximum atomic E-state index is 12.3. The molecule has 5 heteroatoms. The van der Waals surface area contributed by atoms with E-state index in [4.69, 9.17) is 9.15 Å². The Balaban J connectivity index is 1.60. The van der Waals surface area contributed by atoms with Crippen LogP contribution in [0.15, 0.2) is 51.4 Å². The molecule has 1 aliphatic heterocycles. The Labute approximate surface area is 135 Å². The van der Waals surface area contributed by atoms with Crippen LogP contribution >= 0.6 is 15.9 Å². The summed E-state index contributed by atoms with van der Waals surface area (Å²) in [6, 6.07) is 13.1. The first-order valence-corrected chi connectivity index (χ1v) is 7.74. The summed E-state index contributed by atoms with van der Waals surface area (Å²) in [5, 5.41) is 3.76. The van der Waals surface area contributed by atoms with E-state index < -0.39 is 0 Å². The molecule has 2 aromatic carbocycles. The fourth-order valence-electron chi connectivity index (χ4n) is 2.57. The molecule has 0 bridgehead atoms. The van der Waals surface area contributed by atoms with Gasteiger partial charge in [0, 0.05) is 22.0 Å². The molecule has 0 aliphatic carbocycles. The number of carbonyl (C=O) groups is 1. The van der Waals surface area contributed by atoms with Crippen molar-refractivity contribution in [3.05, 3.63) is 58.3 Å². The van der Waals surface area contributed by atoms with Crippen molar-refractivity contribution in [1.82, 2.24) is 0 Å². The number of benzene rings is 2. The Morgan fingerprint density at radius 1 is 1.14 bits per heavy atom. The zero-order valence-electron chi connectivity index (χ0n) is 11.6. The number of nitrogens with one attached hydrogen (secondary N) is 1. The number of fused-ring (bicyclic) bond motifs is 2. The fraction of sp³-hybridized carbons (Fsp3) is 0.118. The molecule has 0 fully saturated rings. The number of anilines is 1. The molecule has 0 saturated heterocycles. The first-order valence-electron chi connectivity index (χ1n) is 6.95. The summed E-state index contributed by atoms with van der Waals surface area (Å²) in [6.07, 6.45) is 0.873. The Bertz CT molecular complexity index is 885. The van der Waals surface area contributed by atoms with Crippen LogP contribution in [0.25, 0.3) is 11.0 Å². The van der Waals surface area contributed by atoms with Gasteiger partial charge in [-0.05, 0) is 48.0 Å². The van der Waals surface area contributed by atoms with Crippen molar-refractivity contribution in [1.29, 1.82) is 0 Å². The maximum absolute atomic E-state index is 12.3. The van der Waals surface area contributed by atoms with Crippen molar-refractivity contribution in [2.24, 2.45) is 0 Å². The van der Waals surface area contributed by atoms with E-state index in [9.17, 15) is 4.79 Å². The summed E-state index contributed by atoms with van der Waals surface area (Å²) in [5.41, 5.74) is 2.55. The van der Waals surface area contributed by atoms with Gasteiger partial charge in [0.2, 0.25) is 0 Å². The van der Waals surface area contributed by atoms with E-state index in [1.54, 1.807) is 6.07 Å². The summed E-state index contributed by atoms with van der Waals surface area (Å²) in [7, 11) is 0. The van der Waals surface area contributed by atoms with E-state index in [0.717, 1.165) is 33.3 Å². The Morgan fingerprint density at radius 2 is 2.05 bits per heavy atom. The van der Waals surface area contributed by atoms with E-state index in [-0.39, 0.29) is 5.91 Å². The van der Waals surface area contributed by atoms with Crippen LogP contribution in [0.5, 0.6) is 5.75 Å². The molecule has 1 amide bonds. The lowest BCUT2D eigenvalue weighted by Crippen LogP contribution is -2.10. The van der Waals surface area contributed by atoms with Crippen LogP contribution in [0.3, 0.4) is 0 Å². The number of rotatable bonds is 2. The number of hydrogen-bond donors (Lipinski definition) is 1. The van der Waals surface area contributed by atoms with Gasteiger partial charge in [0.15, 0.2) is 5.76 Å². The number of ether oxygens (including phenoxy) is 1. The third-order valence-electron chi connectivity index (χ3n) is 3.65. The quantitative estimate of drug-likeness (QED) is 0.740. The standard InChI is InChI=1S/C17H12BrNO3/c18-12-2-1-10-8-16(22-15(10)9-12)17(20)19-13-3-4-14-11(7-13)5-6-21-14/h1-4,7-9H,5-6H2,(H,19,20). The van der Waals surface area contributed by atoms with E-state index >= 15 is 0 Å². The van der Waals surface area contributed by atoms with Crippen LogP contribution < -0.4 is 10.1 Å². The predicted octanol–water partition coefficient (Wildman–Crippen LogP) is 4.38. The normalized spacial score (nSPS) is 13.0. The first kappa shape index (κ1) is 13.4. The van der Waals surface area contributed by atoms with E-state index in [1.165, 1.54) is 0 Å². The number of halogens is 1. The molecule has 0 spiro atoms. The second-order valence-corrected chi connectivity index (χ2v) is 6.08. The molecule has 110 valence electrons. The minimum atomic E-state index is -0.258. The van der Waals surface area contributed by atoms with Gasteiger partial charge in [-0.25, -0.2) is 0 Å². The summed E-state index contributed by atoms with van der Waals surface area (Å²) >= 11 is 3.39. The van der Waals surface area contributed by atoms with Crippen LogP contribution in [-0.2, 0) is 6.42 Å². The summed E-state index contributed by atoms with van der Waals surface area (Å²) in [6.45, 7) is 0.700. The highest BCUT2D eigenvalue weighted by Crippen LogP contribution is 2.28. The molecule has 4 nitrogen and oxygen atoms in total. The zero-order chi connectivity index (χ0) is 15.1. The Hall–Kier alpha value is -2.27. The van der Waals surface area contributed by atoms with Gasteiger partial charge in [0.25, 0.3) is 5.91 Å². The molecule has 4 rings (SSSR count). The second-order valence-electron chi connectivity index (χ2n) is 5.17. The average Bonchev–Trinajstić information content (AvgIpc) is 3.12. The molecule has 22 heavy (non-hydrogen) atoms. The first-order chi connectivity index (χ1) is 10.7. The van der Waals surface area contributed by atoms with Crippen molar-refractivity contribution >= 4 is 38.5 Å². The zero-order valence-corrected chi connectivity index (χ0v) is 13.1. The lowest BCUT2D eigenvalue weighted by atomic mass is 10.1. The molecular formula is C17H12BrNO3. The lowest BCUT2D eigenvalue weighted by molar-refractivity contribution is 0.0998. The summed E-state index contributed by atoms with van der Waals surface area (Å²) in [4.78, 5) is 12.3. The molecule has 0 unspecified atom stereocenters. The summed E-state index contributed by atoms with van der Waals surface area (Å²) < 4.78 is 12.0. The summed E-state index contributed by atoms with van der Waals surface area (Å²) in [5.74, 6) is 0.933. The fourth-order valence-corrected chi connectivity index (χ4v) is 2.91. The lowest BCUT2D eigenvalue weighted by Gasteiger charge is -2.05. The van der Waals surface area contributed by atoms with Crippen LogP contribution in [0, 0.1) is 0 Å². The van der Waals surface area contributed by atoms with Crippen molar-refractivity contribution in [2.45, 2.75) is 6.42 Å². The van der Waals surface area contributed by atoms with Crippen LogP contribution in [-0.4, -0.2) is 12.5 Å². The second kappa shape index (κ2) is 5.18. The maximum Gasteiger partial charge on any atom is 0.291 e. The molecule has 2 heterocycles. The highest BCUT2D eigenvalue weighted by Gasteiger charge is 2.16. The van der Waals surface area contributed by atoms with Crippen LogP contribution in [0.1, 0.15) is 16.1 Å². The minimum absolute atomic E-state index is 0.258. The molecule has 0 atom stereocenters. The van der Waals surface area contributed by atoms with Gasteiger partial charge in [-0.15, -0.1) is 0 Å². The van der Waals surface area contributed by atoms with Crippen molar-refractivity contribution in [3.8, 4) is 5.75 Å². The van der Waals surface area contributed by atoms with Gasteiger partial charge < -0.3 is 14.5 Å². The molecule has 0 radical (unpaired) electrons. The van der Waals surface area contributed by atoms with E-state index in [2.05, 4.69) is 21.2 Å². The van der Waals surface area contributed by atoms with Gasteiger partial charge in [-0.2, -0.15) is 0 Å². The third kappa shape index (κ3) is 2.37. The minimum Gasteiger partial charge on any atom is -0.493 e. The average molecular weight is 358 g/mol. The topological polar surface area (TPSA) is 51.5 Å². The van der Waals surface area contributed by atoms with Gasteiger partial charge in [0.05, 0.1) is 6.61 Å². The van der Waals surface area contributed by atoms with Gasteiger partial charge >= 0.3 is 0 Å². The number of amides is 1. The molecule has 1 aliphatic rings. The van der Waals surface area contributed by atoms with E-state index in [0.29, 0.717) is 18.0 Å². The van der Waals surface area contributed by atoms with Crippen molar-refractivity contribution in [2.75, 3.05) is 11.9 Å².